The van der Waals surface area contributed by atoms with Crippen molar-refractivity contribution in [2.45, 2.75) is 19.1 Å². The van der Waals surface area contributed by atoms with Gasteiger partial charge >= 0.3 is 12.1 Å². The molecule has 0 atom stereocenters. The second-order valence-corrected chi connectivity index (χ2v) is 9.41. The van der Waals surface area contributed by atoms with Crippen LogP contribution in [0.25, 0.3) is 33.8 Å². The van der Waals surface area contributed by atoms with Gasteiger partial charge in [0.15, 0.2) is 11.5 Å². The zero-order valence-electron chi connectivity index (χ0n) is 22.0. The van der Waals surface area contributed by atoms with E-state index in [2.05, 4.69) is 53.4 Å². The van der Waals surface area contributed by atoms with E-state index in [1.165, 1.54) is 5.69 Å². The molecule has 3 N–H and O–H groups in total. The molecule has 15 heteroatoms. The van der Waals surface area contributed by atoms with Gasteiger partial charge in [-0.1, -0.05) is 12.1 Å². The van der Waals surface area contributed by atoms with Gasteiger partial charge in [-0.05, 0) is 47.5 Å². The number of halogens is 4. The molecule has 0 amide bonds. The van der Waals surface area contributed by atoms with E-state index >= 15 is 0 Å². The molecule has 1 aromatic carbocycles. The van der Waals surface area contributed by atoms with E-state index in [4.69, 9.17) is 14.9 Å². The summed E-state index contributed by atoms with van der Waals surface area (Å²) in [7, 11) is 0. The SMILES string of the molecule is Fc1cnc(Nc2ccc(-c3ccc4nc5c(n4c3)CCNC5)cc2)nc1-c1cnc2cccnn12.O=C(O)C(F)(F)F. The van der Waals surface area contributed by atoms with Crippen molar-refractivity contribution in [2.75, 3.05) is 11.9 Å². The average Bonchev–Trinajstić information content (AvgIpc) is 3.60. The molecule has 218 valence electrons. The van der Waals surface area contributed by atoms with Gasteiger partial charge < -0.3 is 20.1 Å². The number of carboxylic acid groups (broad SMARTS) is 1. The summed E-state index contributed by atoms with van der Waals surface area (Å²) in [6, 6.07) is 15.7. The lowest BCUT2D eigenvalue weighted by Crippen LogP contribution is -2.24. The normalized spacial score (nSPS) is 12.9. The third-order valence-corrected chi connectivity index (χ3v) is 6.61. The number of hydrogen-bond donors (Lipinski definition) is 3. The zero-order chi connectivity index (χ0) is 30.1. The molecule has 0 bridgehead atoms. The standard InChI is InChI=1S/C26H20FN9.C2HF3O2/c27-19-12-30-26(34-25(19)22-14-29-23-2-1-10-31-36(22)23)32-18-6-3-16(4-7-18)17-5-8-24-33-20-13-28-11-9-21(20)35(24)15-17;3-2(4,5)1(6)7/h1-8,10,12,14-15,28H,9,11,13H2,(H,30,32,34);(H,6,7). The first kappa shape index (κ1) is 27.7. The first-order valence-corrected chi connectivity index (χ1v) is 12.9. The van der Waals surface area contributed by atoms with Gasteiger partial charge in [-0.2, -0.15) is 18.3 Å². The van der Waals surface area contributed by atoms with E-state index in [0.717, 1.165) is 53.9 Å². The Morgan fingerprint density at radius 2 is 1.74 bits per heavy atom. The van der Waals surface area contributed by atoms with E-state index in [1.807, 2.05) is 24.3 Å². The highest BCUT2D eigenvalue weighted by Crippen LogP contribution is 2.27. The number of benzene rings is 1. The molecule has 0 radical (unpaired) electrons. The van der Waals surface area contributed by atoms with Crippen LogP contribution in [-0.2, 0) is 17.8 Å². The molecule has 1 aliphatic rings. The van der Waals surface area contributed by atoms with Gasteiger partial charge in [0, 0.05) is 43.3 Å². The first-order valence-electron chi connectivity index (χ1n) is 12.9. The Morgan fingerprint density at radius 1 is 0.977 bits per heavy atom. The van der Waals surface area contributed by atoms with Crippen molar-refractivity contribution in [2.24, 2.45) is 0 Å². The van der Waals surface area contributed by atoms with Crippen LogP contribution < -0.4 is 10.6 Å². The molecule has 0 fully saturated rings. The van der Waals surface area contributed by atoms with Gasteiger partial charge in [-0.15, -0.1) is 0 Å². The smallest absolute Gasteiger partial charge is 0.475 e. The zero-order valence-corrected chi connectivity index (χ0v) is 22.0. The average molecular weight is 592 g/mol. The van der Waals surface area contributed by atoms with Crippen LogP contribution in [0.5, 0.6) is 0 Å². The fourth-order valence-electron chi connectivity index (χ4n) is 4.61. The summed E-state index contributed by atoms with van der Waals surface area (Å²) in [5, 5.41) is 17.9. The molecule has 0 unspecified atom stereocenters. The van der Waals surface area contributed by atoms with Crippen LogP contribution in [-0.4, -0.2) is 57.7 Å². The van der Waals surface area contributed by atoms with Gasteiger partial charge in [0.1, 0.15) is 17.0 Å². The van der Waals surface area contributed by atoms with Crippen LogP contribution in [0.1, 0.15) is 11.4 Å². The summed E-state index contributed by atoms with van der Waals surface area (Å²) in [6.07, 6.45) is 2.35. The van der Waals surface area contributed by atoms with Crippen LogP contribution in [0.15, 0.2) is 73.3 Å². The molecule has 0 spiro atoms. The van der Waals surface area contributed by atoms with E-state index < -0.39 is 18.0 Å². The number of fused-ring (bicyclic) bond motifs is 4. The molecule has 7 rings (SSSR count). The van der Waals surface area contributed by atoms with Crippen LogP contribution in [0, 0.1) is 5.82 Å². The third kappa shape index (κ3) is 5.70. The maximum Gasteiger partial charge on any atom is 0.490 e. The van der Waals surface area contributed by atoms with Crippen LogP contribution in [0.3, 0.4) is 0 Å². The quantitative estimate of drug-likeness (QED) is 0.250. The Balaban J connectivity index is 0.000000423. The first-order chi connectivity index (χ1) is 20.7. The van der Waals surface area contributed by atoms with Crippen molar-refractivity contribution in [1.29, 1.82) is 0 Å². The molecule has 0 saturated heterocycles. The summed E-state index contributed by atoms with van der Waals surface area (Å²) in [5.41, 5.74) is 7.53. The second-order valence-electron chi connectivity index (χ2n) is 9.41. The monoisotopic (exact) mass is 591 g/mol. The van der Waals surface area contributed by atoms with E-state index in [-0.39, 0.29) is 11.6 Å². The molecule has 0 saturated carbocycles. The van der Waals surface area contributed by atoms with Gasteiger partial charge in [0.05, 0.1) is 18.1 Å². The number of pyridine rings is 1. The number of nitrogens with zero attached hydrogens (tertiary/aromatic N) is 7. The Labute approximate surface area is 239 Å². The molecule has 6 heterocycles. The lowest BCUT2D eigenvalue weighted by molar-refractivity contribution is -0.192. The minimum Gasteiger partial charge on any atom is -0.475 e. The molecule has 5 aromatic heterocycles. The molecule has 11 nitrogen and oxygen atoms in total. The summed E-state index contributed by atoms with van der Waals surface area (Å²) in [5.74, 6) is -3.02. The molecule has 6 aromatic rings. The number of rotatable bonds is 4. The van der Waals surface area contributed by atoms with Crippen LogP contribution in [0.4, 0.5) is 29.2 Å². The van der Waals surface area contributed by atoms with Crippen molar-refractivity contribution in [3.05, 3.63) is 90.5 Å². The van der Waals surface area contributed by atoms with Crippen molar-refractivity contribution in [3.8, 4) is 22.5 Å². The molecule has 1 aliphatic heterocycles. The summed E-state index contributed by atoms with van der Waals surface area (Å²) in [6.45, 7) is 1.78. The second kappa shape index (κ2) is 11.1. The van der Waals surface area contributed by atoms with Gasteiger partial charge in [-0.3, -0.25) is 0 Å². The predicted molar refractivity (Wildman–Crippen MR) is 147 cm³/mol. The summed E-state index contributed by atoms with van der Waals surface area (Å²) >= 11 is 0. The van der Waals surface area contributed by atoms with Crippen LogP contribution in [0.2, 0.25) is 0 Å². The van der Waals surface area contributed by atoms with E-state index in [1.54, 1.807) is 29.0 Å². The lowest BCUT2D eigenvalue weighted by atomic mass is 10.1. The number of hydrogen-bond acceptors (Lipinski definition) is 8. The Hall–Kier alpha value is -5.44. The van der Waals surface area contributed by atoms with Gasteiger partial charge in [-0.25, -0.2) is 33.6 Å². The van der Waals surface area contributed by atoms with Gasteiger partial charge in [0.2, 0.25) is 5.95 Å². The fourth-order valence-corrected chi connectivity index (χ4v) is 4.61. The number of imidazole rings is 2. The highest BCUT2D eigenvalue weighted by Gasteiger charge is 2.38. The van der Waals surface area contributed by atoms with E-state index in [9.17, 15) is 17.6 Å². The maximum absolute atomic E-state index is 14.6. The van der Waals surface area contributed by atoms with Crippen molar-refractivity contribution in [1.82, 2.24) is 39.3 Å². The molecule has 43 heavy (non-hydrogen) atoms. The minimum absolute atomic E-state index is 0.127. The number of carboxylic acids is 1. The number of aromatic nitrogens is 7. The van der Waals surface area contributed by atoms with E-state index in [0.29, 0.717) is 11.3 Å². The number of nitrogens with one attached hydrogen (secondary N) is 2. The Bertz CT molecular complexity index is 1950. The number of carbonyl (C=O) groups is 1. The topological polar surface area (TPSA) is 135 Å². The van der Waals surface area contributed by atoms with Crippen molar-refractivity contribution >= 4 is 28.9 Å². The maximum atomic E-state index is 14.6. The molecule has 0 aliphatic carbocycles. The Morgan fingerprint density at radius 3 is 2.51 bits per heavy atom. The molecular weight excluding hydrogens is 570 g/mol. The number of anilines is 2. The van der Waals surface area contributed by atoms with Crippen molar-refractivity contribution < 1.29 is 27.5 Å². The van der Waals surface area contributed by atoms with Crippen molar-refractivity contribution in [3.63, 3.8) is 0 Å². The third-order valence-electron chi connectivity index (χ3n) is 6.61. The predicted octanol–water partition coefficient (Wildman–Crippen LogP) is 4.66. The highest BCUT2D eigenvalue weighted by molar-refractivity contribution is 5.73. The highest BCUT2D eigenvalue weighted by atomic mass is 19.4. The Kier molecular flexibility index (Phi) is 7.15. The number of aliphatic carboxylic acids is 1. The molecular formula is C28H21F4N9O2. The summed E-state index contributed by atoms with van der Waals surface area (Å²) in [4.78, 5) is 26.4. The number of alkyl halides is 3. The van der Waals surface area contributed by atoms with Crippen LogP contribution >= 0.6 is 0 Å². The lowest BCUT2D eigenvalue weighted by Gasteiger charge is -2.12. The minimum atomic E-state index is -5.08. The van der Waals surface area contributed by atoms with Gasteiger partial charge in [0.25, 0.3) is 0 Å². The summed E-state index contributed by atoms with van der Waals surface area (Å²) < 4.78 is 50.1. The fraction of sp³-hybridized carbons (Fsp3) is 0.143. The largest absolute Gasteiger partial charge is 0.490 e.